The summed E-state index contributed by atoms with van der Waals surface area (Å²) in [5, 5.41) is 23.7. The van der Waals surface area contributed by atoms with Crippen molar-refractivity contribution < 1.29 is 24.5 Å². The van der Waals surface area contributed by atoms with E-state index in [9.17, 15) is 4.79 Å². The fourth-order valence-corrected chi connectivity index (χ4v) is 0.607. The highest BCUT2D eigenvalue weighted by atomic mass is 16.5. The van der Waals surface area contributed by atoms with E-state index < -0.39 is 0 Å². The molecule has 0 amide bonds. The summed E-state index contributed by atoms with van der Waals surface area (Å²) in [6, 6.07) is 1.69. The number of nitriles is 1. The Kier molecular flexibility index (Phi) is 30.4. The van der Waals surface area contributed by atoms with E-state index in [2.05, 4.69) is 22.6 Å². The van der Waals surface area contributed by atoms with E-state index >= 15 is 0 Å². The van der Waals surface area contributed by atoms with Crippen molar-refractivity contribution >= 4 is 5.97 Å². The summed E-state index contributed by atoms with van der Waals surface area (Å²) in [6.45, 7) is 9.64. The molecule has 0 bridgehead atoms. The monoisotopic (exact) mass is 287 g/mol. The van der Waals surface area contributed by atoms with Gasteiger partial charge in [0.25, 0.3) is 0 Å². The number of carbonyl (C=O) groups is 1. The molecule has 6 nitrogen and oxygen atoms in total. The molecule has 0 atom stereocenters. The Balaban J connectivity index is -0.000000234. The maximum Gasteiger partial charge on any atom is 0.330 e. The van der Waals surface area contributed by atoms with Crippen molar-refractivity contribution in [2.24, 2.45) is 0 Å². The maximum absolute atomic E-state index is 10.3. The Labute approximate surface area is 120 Å². The van der Waals surface area contributed by atoms with Gasteiger partial charge in [-0.05, 0) is 6.42 Å². The quantitative estimate of drug-likeness (QED) is 0.301. The molecule has 2 N–H and O–H groups in total. The van der Waals surface area contributed by atoms with Crippen molar-refractivity contribution in [3.63, 3.8) is 0 Å². The first kappa shape index (κ1) is 23.4. The molecule has 0 aliphatic rings. The molecule has 0 aromatic carbocycles. The zero-order valence-corrected chi connectivity index (χ0v) is 12.1. The molecule has 116 valence electrons. The van der Waals surface area contributed by atoms with E-state index in [0.29, 0.717) is 19.8 Å². The summed E-state index contributed by atoms with van der Waals surface area (Å²) in [5.74, 6) is -0.330. The van der Waals surface area contributed by atoms with Crippen LogP contribution in [-0.2, 0) is 14.3 Å². The van der Waals surface area contributed by atoms with E-state index in [1.165, 1.54) is 12.2 Å². The third kappa shape index (κ3) is 36.0. The highest BCUT2D eigenvalue weighted by Crippen LogP contribution is 1.88. The number of nitrogens with zero attached hydrogens (tertiary/aromatic N) is 1. The van der Waals surface area contributed by atoms with Crippen molar-refractivity contribution in [3.8, 4) is 6.07 Å². The summed E-state index contributed by atoms with van der Waals surface area (Å²) in [4.78, 5) is 10.3. The topological polar surface area (TPSA) is 99.8 Å². The van der Waals surface area contributed by atoms with Crippen molar-refractivity contribution in [1.29, 1.82) is 5.26 Å². The number of ether oxygens (including phenoxy) is 2. The third-order valence-electron chi connectivity index (χ3n) is 1.47. The molecular weight excluding hydrogens is 262 g/mol. The van der Waals surface area contributed by atoms with Crippen LogP contribution in [0.1, 0.15) is 19.8 Å². The second kappa shape index (κ2) is 26.0. The van der Waals surface area contributed by atoms with Crippen LogP contribution in [-0.4, -0.2) is 49.2 Å². The number of esters is 1. The number of allylic oxidation sites excluding steroid dienone is 1. The SMILES string of the molecule is C=CC#N.C=CC(=O)OCCCC.OCCOCCO. The summed E-state index contributed by atoms with van der Waals surface area (Å²) >= 11 is 0. The van der Waals surface area contributed by atoms with Crippen LogP contribution in [0.25, 0.3) is 0 Å². The molecule has 0 fully saturated rings. The minimum atomic E-state index is -0.330. The van der Waals surface area contributed by atoms with Gasteiger partial charge >= 0.3 is 5.97 Å². The van der Waals surface area contributed by atoms with Crippen molar-refractivity contribution in [1.82, 2.24) is 0 Å². The number of rotatable bonds is 8. The second-order valence-electron chi connectivity index (χ2n) is 3.12. The molecule has 20 heavy (non-hydrogen) atoms. The van der Waals surface area contributed by atoms with E-state index in [1.54, 1.807) is 6.07 Å². The van der Waals surface area contributed by atoms with Gasteiger partial charge in [-0.2, -0.15) is 5.26 Å². The number of hydrogen-bond acceptors (Lipinski definition) is 6. The smallest absolute Gasteiger partial charge is 0.330 e. The first-order valence-electron chi connectivity index (χ1n) is 6.23. The Hall–Kier alpha value is -1.68. The largest absolute Gasteiger partial charge is 0.463 e. The van der Waals surface area contributed by atoms with Gasteiger partial charge in [0.1, 0.15) is 0 Å². The average molecular weight is 287 g/mol. The van der Waals surface area contributed by atoms with Crippen molar-refractivity contribution in [2.75, 3.05) is 33.0 Å². The van der Waals surface area contributed by atoms with E-state index in [1.807, 2.05) is 6.92 Å². The van der Waals surface area contributed by atoms with Crippen LogP contribution in [0.15, 0.2) is 25.3 Å². The normalized spacial score (nSPS) is 7.90. The van der Waals surface area contributed by atoms with Crippen LogP contribution in [0.3, 0.4) is 0 Å². The molecule has 0 rings (SSSR count). The summed E-state index contributed by atoms with van der Waals surface area (Å²) < 4.78 is 9.31. The molecule has 6 heteroatoms. The van der Waals surface area contributed by atoms with Crippen LogP contribution in [0.2, 0.25) is 0 Å². The van der Waals surface area contributed by atoms with Gasteiger partial charge in [-0.25, -0.2) is 4.79 Å². The Bertz CT molecular complexity index is 257. The number of aliphatic hydroxyl groups is 2. The minimum absolute atomic E-state index is 0.0278. The summed E-state index contributed by atoms with van der Waals surface area (Å²) in [5.41, 5.74) is 0. The molecule has 0 saturated heterocycles. The lowest BCUT2D eigenvalue weighted by Crippen LogP contribution is -2.03. The zero-order chi connectivity index (χ0) is 16.1. The van der Waals surface area contributed by atoms with Crippen molar-refractivity contribution in [3.05, 3.63) is 25.3 Å². The highest BCUT2D eigenvalue weighted by molar-refractivity contribution is 5.81. The molecule has 0 heterocycles. The Morgan fingerprint density at radius 3 is 2.05 bits per heavy atom. The minimum Gasteiger partial charge on any atom is -0.463 e. The molecule has 0 aliphatic heterocycles. The fourth-order valence-electron chi connectivity index (χ4n) is 0.607. The van der Waals surface area contributed by atoms with Gasteiger partial charge in [0.05, 0.1) is 39.1 Å². The maximum atomic E-state index is 10.3. The van der Waals surface area contributed by atoms with Gasteiger partial charge in [-0.1, -0.05) is 26.5 Å². The summed E-state index contributed by atoms with van der Waals surface area (Å²) in [7, 11) is 0. The lowest BCUT2D eigenvalue weighted by Gasteiger charge is -1.97. The van der Waals surface area contributed by atoms with Gasteiger partial charge in [0.2, 0.25) is 0 Å². The third-order valence-corrected chi connectivity index (χ3v) is 1.47. The average Bonchev–Trinajstić information content (AvgIpc) is 2.49. The first-order chi connectivity index (χ1) is 9.64. The number of hydrogen-bond donors (Lipinski definition) is 2. The molecule has 0 aliphatic carbocycles. The highest BCUT2D eigenvalue weighted by Gasteiger charge is 1.91. The molecule has 0 aromatic heterocycles. The second-order valence-corrected chi connectivity index (χ2v) is 3.12. The molecule has 0 aromatic rings. The lowest BCUT2D eigenvalue weighted by atomic mass is 10.4. The van der Waals surface area contributed by atoms with Crippen LogP contribution in [0.5, 0.6) is 0 Å². The van der Waals surface area contributed by atoms with E-state index in [-0.39, 0.29) is 19.2 Å². The van der Waals surface area contributed by atoms with Crippen LogP contribution >= 0.6 is 0 Å². The van der Waals surface area contributed by atoms with Gasteiger partial charge < -0.3 is 19.7 Å². The van der Waals surface area contributed by atoms with Gasteiger partial charge in [-0.3, -0.25) is 0 Å². The van der Waals surface area contributed by atoms with Crippen LogP contribution in [0.4, 0.5) is 0 Å². The predicted octanol–water partition coefficient (Wildman–Crippen LogP) is 1.20. The Morgan fingerprint density at radius 1 is 1.25 bits per heavy atom. The number of carbonyl (C=O) groups excluding carboxylic acids is 1. The molecule has 0 spiro atoms. The van der Waals surface area contributed by atoms with Crippen molar-refractivity contribution in [2.45, 2.75) is 19.8 Å². The van der Waals surface area contributed by atoms with Crippen LogP contribution in [0, 0.1) is 11.3 Å². The Morgan fingerprint density at radius 2 is 1.75 bits per heavy atom. The van der Waals surface area contributed by atoms with E-state index in [4.69, 9.17) is 15.5 Å². The van der Waals surface area contributed by atoms with Gasteiger partial charge in [0.15, 0.2) is 0 Å². The molecule has 0 radical (unpaired) electrons. The number of aliphatic hydroxyl groups excluding tert-OH is 2. The molecule has 0 unspecified atom stereocenters. The lowest BCUT2D eigenvalue weighted by molar-refractivity contribution is -0.137. The number of unbranched alkanes of at least 4 members (excludes halogenated alkanes) is 1. The fraction of sp³-hybridized carbons (Fsp3) is 0.571. The first-order valence-corrected chi connectivity index (χ1v) is 6.23. The van der Waals surface area contributed by atoms with Gasteiger partial charge in [-0.15, -0.1) is 0 Å². The van der Waals surface area contributed by atoms with Crippen LogP contribution < -0.4 is 0 Å². The molecule has 0 saturated carbocycles. The predicted molar refractivity (Wildman–Crippen MR) is 76.9 cm³/mol. The van der Waals surface area contributed by atoms with E-state index in [0.717, 1.165) is 12.8 Å². The van der Waals surface area contributed by atoms with Gasteiger partial charge in [0, 0.05) is 12.2 Å². The standard InChI is InChI=1S/C7H12O2.C4H10O3.C3H3N/c1-3-5-6-9-7(8)4-2;5-1-3-7-4-2-6;1-2-3-4/h4H,2-3,5-6H2,1H3;5-6H,1-4H2;2H,1H2. The summed E-state index contributed by atoms with van der Waals surface area (Å²) in [6.07, 6.45) is 4.33. The molecular formula is C14H25NO5. The zero-order valence-electron chi connectivity index (χ0n) is 12.1.